The maximum absolute atomic E-state index is 15.5. The Balaban J connectivity index is 1.19. The van der Waals surface area contributed by atoms with Gasteiger partial charge in [0.25, 0.3) is 5.91 Å². The van der Waals surface area contributed by atoms with Crippen LogP contribution >= 0.6 is 0 Å². The topological polar surface area (TPSA) is 121 Å². The number of piperazine rings is 1. The highest BCUT2D eigenvalue weighted by atomic mass is 28.3. The number of fused-ring (bicyclic) bond motifs is 3. The maximum atomic E-state index is 15.5. The first-order valence-corrected chi connectivity index (χ1v) is 23.0. The molecule has 0 aromatic heterocycles. The van der Waals surface area contributed by atoms with Crippen LogP contribution in [0.1, 0.15) is 35.6 Å². The summed E-state index contributed by atoms with van der Waals surface area (Å²) < 4.78 is 18.6. The lowest BCUT2D eigenvalue weighted by molar-refractivity contribution is -0.151. The van der Waals surface area contributed by atoms with Crippen LogP contribution in [0.3, 0.4) is 0 Å². The van der Waals surface area contributed by atoms with Crippen molar-refractivity contribution in [1.29, 1.82) is 0 Å². The number of anilines is 2. The Bertz CT molecular complexity index is 2180. The lowest BCUT2D eigenvalue weighted by Crippen LogP contribution is -2.52. The zero-order valence-electron chi connectivity index (χ0n) is 33.4. The third kappa shape index (κ3) is 6.71. The normalized spacial score (nSPS) is 24.5. The summed E-state index contributed by atoms with van der Waals surface area (Å²) in [4.78, 5) is 48.3. The van der Waals surface area contributed by atoms with Gasteiger partial charge in [-0.25, -0.2) is 0 Å². The molecule has 4 aromatic carbocycles. The number of benzene rings is 4. The third-order valence-corrected chi connectivity index (χ3v) is 17.3. The second kappa shape index (κ2) is 15.4. The van der Waals surface area contributed by atoms with Crippen molar-refractivity contribution >= 4 is 42.4 Å². The number of ether oxygens (including phenoxy) is 3. The fourth-order valence-electron chi connectivity index (χ4n) is 9.99. The first-order chi connectivity index (χ1) is 27.5. The van der Waals surface area contributed by atoms with Gasteiger partial charge >= 0.3 is 0 Å². The zero-order valence-corrected chi connectivity index (χ0v) is 34.4. The molecule has 0 radical (unpaired) electrons. The van der Waals surface area contributed by atoms with Gasteiger partial charge in [0.05, 0.1) is 66.2 Å². The van der Waals surface area contributed by atoms with E-state index in [4.69, 9.17) is 14.2 Å². The van der Waals surface area contributed by atoms with Crippen LogP contribution < -0.4 is 29.8 Å². The summed E-state index contributed by atoms with van der Waals surface area (Å²) in [5.74, 6) is 0.767. The Kier molecular flexibility index (Phi) is 10.5. The number of hydrogen-bond donors (Lipinski definition) is 2. The van der Waals surface area contributed by atoms with Crippen LogP contribution in [-0.4, -0.2) is 88.4 Å². The average molecular weight is 789 g/mol. The molecule has 11 nitrogen and oxygen atoms in total. The van der Waals surface area contributed by atoms with E-state index in [9.17, 15) is 14.7 Å². The van der Waals surface area contributed by atoms with Crippen LogP contribution in [0.15, 0.2) is 91.0 Å². The molecule has 298 valence electrons. The smallest absolute Gasteiger partial charge is 0.264 e. The number of carbonyl (C=O) groups is 3. The van der Waals surface area contributed by atoms with E-state index in [0.717, 1.165) is 39.4 Å². The van der Waals surface area contributed by atoms with Gasteiger partial charge < -0.3 is 39.3 Å². The van der Waals surface area contributed by atoms with E-state index in [2.05, 4.69) is 43.5 Å². The van der Waals surface area contributed by atoms with Gasteiger partial charge in [-0.2, -0.15) is 0 Å². The molecule has 3 amide bonds. The molecule has 4 heterocycles. The number of hydrogen-bond acceptors (Lipinski definition) is 8. The van der Waals surface area contributed by atoms with Gasteiger partial charge in [0.15, 0.2) is 5.60 Å². The molecular formula is C45H52N4O7Si. The molecule has 5 atom stereocenters. The van der Waals surface area contributed by atoms with Crippen molar-refractivity contribution < 1.29 is 33.7 Å². The van der Waals surface area contributed by atoms with E-state index in [-0.39, 0.29) is 61.3 Å². The lowest BCUT2D eigenvalue weighted by Gasteiger charge is -2.39. The Morgan fingerprint density at radius 1 is 0.947 bits per heavy atom. The summed E-state index contributed by atoms with van der Waals surface area (Å²) in [6, 6.07) is 29.4. The number of aliphatic hydroxyl groups excluding tert-OH is 1. The van der Waals surface area contributed by atoms with E-state index in [1.54, 1.807) is 28.9 Å². The fourth-order valence-corrected chi connectivity index (χ4v) is 14.0. The molecule has 1 spiro atoms. The second-order valence-electron chi connectivity index (χ2n) is 16.4. The molecule has 0 unspecified atom stereocenters. The molecular weight excluding hydrogens is 737 g/mol. The van der Waals surface area contributed by atoms with Gasteiger partial charge in [0.1, 0.15) is 11.5 Å². The summed E-state index contributed by atoms with van der Waals surface area (Å²) in [6.07, 6.45) is 0.0394. The molecule has 4 aromatic rings. The van der Waals surface area contributed by atoms with Crippen molar-refractivity contribution in [3.05, 3.63) is 113 Å². The van der Waals surface area contributed by atoms with Gasteiger partial charge in [-0.3, -0.25) is 14.4 Å². The monoisotopic (exact) mass is 788 g/mol. The van der Waals surface area contributed by atoms with Crippen molar-refractivity contribution in [3.8, 4) is 11.5 Å². The summed E-state index contributed by atoms with van der Waals surface area (Å²) in [5, 5.41) is 14.8. The van der Waals surface area contributed by atoms with Crippen molar-refractivity contribution in [2.75, 3.05) is 50.3 Å². The van der Waals surface area contributed by atoms with Crippen molar-refractivity contribution in [3.63, 3.8) is 0 Å². The summed E-state index contributed by atoms with van der Waals surface area (Å²) in [6.45, 7) is 8.81. The van der Waals surface area contributed by atoms with Crippen LogP contribution in [-0.2, 0) is 44.2 Å². The van der Waals surface area contributed by atoms with Crippen LogP contribution in [0.4, 0.5) is 11.4 Å². The van der Waals surface area contributed by atoms with Crippen LogP contribution in [0.25, 0.3) is 0 Å². The van der Waals surface area contributed by atoms with Crippen molar-refractivity contribution in [1.82, 2.24) is 10.2 Å². The Hall–Kier alpha value is -5.01. The minimum atomic E-state index is -2.55. The van der Waals surface area contributed by atoms with Crippen LogP contribution in [0, 0.1) is 5.92 Å². The van der Waals surface area contributed by atoms with E-state index < -0.39 is 19.8 Å². The highest BCUT2D eigenvalue weighted by molar-refractivity contribution is 6.91. The Morgan fingerprint density at radius 2 is 1.68 bits per heavy atom. The molecule has 57 heavy (non-hydrogen) atoms. The number of carbonyl (C=O) groups excluding carboxylic acids is 3. The van der Waals surface area contributed by atoms with Crippen LogP contribution in [0.2, 0.25) is 18.6 Å². The molecule has 2 N–H and O–H groups in total. The molecule has 4 aliphatic heterocycles. The van der Waals surface area contributed by atoms with Gasteiger partial charge in [-0.15, -0.1) is 0 Å². The number of amides is 3. The molecule has 0 bridgehead atoms. The molecule has 0 aliphatic carbocycles. The minimum Gasteiger partial charge on any atom is -0.497 e. The summed E-state index contributed by atoms with van der Waals surface area (Å²) in [7, 11) is 0.717. The molecule has 0 saturated carbocycles. The van der Waals surface area contributed by atoms with E-state index >= 15 is 4.79 Å². The van der Waals surface area contributed by atoms with E-state index in [1.807, 2.05) is 72.8 Å². The van der Waals surface area contributed by atoms with Gasteiger partial charge in [-0.05, 0) is 71.1 Å². The maximum Gasteiger partial charge on any atom is 0.264 e. The number of nitrogens with zero attached hydrogens (tertiary/aromatic N) is 3. The number of nitrogens with one attached hydrogen (secondary N) is 1. The highest BCUT2D eigenvalue weighted by Gasteiger charge is 2.66. The van der Waals surface area contributed by atoms with Crippen molar-refractivity contribution in [2.24, 2.45) is 5.92 Å². The average Bonchev–Trinajstić information content (AvgIpc) is 3.65. The first-order valence-electron chi connectivity index (χ1n) is 19.9. The molecule has 2 saturated heterocycles. The highest BCUT2D eigenvalue weighted by Crippen LogP contribution is 2.60. The Morgan fingerprint density at radius 3 is 2.40 bits per heavy atom. The van der Waals surface area contributed by atoms with Gasteiger partial charge in [0, 0.05) is 36.8 Å². The van der Waals surface area contributed by atoms with Gasteiger partial charge in [0.2, 0.25) is 11.8 Å². The standard InChI is InChI=1S/C45H52N4O7Si/c1-29-43(57(4,5)37-16-13-35(54-2)14-17-37)40(24-41(51)48-27-32-11-7-6-10-31(32)22-34(48)28-50)56-45(29)38-23-36(55-3)15-18-39(38)49(44(45)53)26-30-9-8-12-33(21-30)47-20-19-46-25-42(47)52/h6-18,21,23,29,34,40,43,46,50H,19-20,22,24-28H2,1-5H3/t29-,34+,40+,43-,45+/m1/s1. The molecule has 4 aliphatic rings. The number of rotatable bonds is 10. The Labute approximate surface area is 335 Å². The second-order valence-corrected chi connectivity index (χ2v) is 21.0. The predicted octanol–water partition coefficient (Wildman–Crippen LogP) is 4.74. The SMILES string of the molecule is COc1ccc([Si](C)(C)[C@H]2[C@H](CC(=O)N3Cc4ccccc4C[C@H]3CO)O[C@@]3(C(=O)N(Cc4cccc(N5CCNCC5=O)c4)c4ccc(OC)cc43)[C@@H]2C)cc1. The molecule has 2 fully saturated rings. The minimum absolute atomic E-state index is 0.00886. The lowest BCUT2D eigenvalue weighted by atomic mass is 9.82. The largest absolute Gasteiger partial charge is 0.497 e. The van der Waals surface area contributed by atoms with E-state index in [1.165, 1.54) is 5.19 Å². The molecule has 12 heteroatoms. The summed E-state index contributed by atoms with van der Waals surface area (Å²) >= 11 is 0. The summed E-state index contributed by atoms with van der Waals surface area (Å²) in [5.41, 5.74) is 3.80. The first kappa shape index (κ1) is 38.8. The number of methoxy groups -OCH3 is 2. The quantitative estimate of drug-likeness (QED) is 0.222. The van der Waals surface area contributed by atoms with Crippen molar-refractivity contribution in [2.45, 2.75) is 69.2 Å². The predicted molar refractivity (Wildman–Crippen MR) is 222 cm³/mol. The third-order valence-electron chi connectivity index (χ3n) is 13.0. The van der Waals surface area contributed by atoms with Crippen LogP contribution in [0.5, 0.6) is 11.5 Å². The number of aliphatic hydroxyl groups is 1. The zero-order chi connectivity index (χ0) is 40.1. The fraction of sp³-hybridized carbons (Fsp3) is 0.400. The molecule has 8 rings (SSSR count). The van der Waals surface area contributed by atoms with E-state index in [0.29, 0.717) is 31.8 Å². The van der Waals surface area contributed by atoms with Gasteiger partial charge in [-0.1, -0.05) is 73.7 Å².